The summed E-state index contributed by atoms with van der Waals surface area (Å²) >= 11 is 0. The van der Waals surface area contributed by atoms with E-state index in [2.05, 4.69) is 33.1 Å². The molecule has 3 rings (SSSR count). The molecule has 184 valence electrons. The molecule has 2 aliphatic rings. The Morgan fingerprint density at radius 1 is 1.09 bits per heavy atom. The number of sulfonamides is 1. The van der Waals surface area contributed by atoms with E-state index in [1.54, 1.807) is 0 Å². The molecule has 1 heterocycles. The third-order valence-corrected chi connectivity index (χ3v) is 7.42. The summed E-state index contributed by atoms with van der Waals surface area (Å²) in [6.45, 7) is 5.99. The zero-order chi connectivity index (χ0) is 24.0. The minimum atomic E-state index is -3.40. The zero-order valence-corrected chi connectivity index (χ0v) is 21.0. The Kier molecular flexibility index (Phi) is 9.07. The Labute approximate surface area is 198 Å². The van der Waals surface area contributed by atoms with Gasteiger partial charge in [0.2, 0.25) is 15.9 Å². The number of ketones is 1. The van der Waals surface area contributed by atoms with Crippen LogP contribution in [0.1, 0.15) is 63.5 Å². The largest absolute Gasteiger partial charge is 0.346 e. The van der Waals surface area contributed by atoms with Crippen molar-refractivity contribution in [3.63, 3.8) is 0 Å². The maximum Gasteiger partial charge on any atom is 0.225 e. The molecule has 1 aliphatic heterocycles. The number of amides is 1. The van der Waals surface area contributed by atoms with E-state index in [0.717, 1.165) is 45.0 Å². The number of benzene rings is 1. The van der Waals surface area contributed by atoms with Crippen molar-refractivity contribution in [2.45, 2.75) is 77.4 Å². The molecule has 1 aromatic rings. The fraction of sp³-hybridized carbons (Fsp3) is 0.680. The summed E-state index contributed by atoms with van der Waals surface area (Å²) in [6.07, 6.45) is 6.77. The van der Waals surface area contributed by atoms with E-state index in [1.807, 2.05) is 19.9 Å². The van der Waals surface area contributed by atoms with Crippen LogP contribution in [0.5, 0.6) is 0 Å². The normalized spacial score (nSPS) is 22.9. The minimum absolute atomic E-state index is 0.0277. The quantitative estimate of drug-likeness (QED) is 0.570. The number of aryl methyl sites for hydroxylation is 1. The van der Waals surface area contributed by atoms with Crippen LogP contribution in [0.2, 0.25) is 0 Å². The van der Waals surface area contributed by atoms with Crippen LogP contribution >= 0.6 is 0 Å². The summed E-state index contributed by atoms with van der Waals surface area (Å²) in [5, 5.41) is 3.01. The average Bonchev–Trinajstić information content (AvgIpc) is 2.93. The summed E-state index contributed by atoms with van der Waals surface area (Å²) < 4.78 is 26.2. The molecule has 7 nitrogen and oxygen atoms in total. The van der Waals surface area contributed by atoms with Crippen molar-refractivity contribution in [3.05, 3.63) is 35.4 Å². The van der Waals surface area contributed by atoms with Crippen molar-refractivity contribution in [3.8, 4) is 0 Å². The first-order chi connectivity index (χ1) is 15.6. The van der Waals surface area contributed by atoms with Crippen LogP contribution < -0.4 is 10.0 Å². The Morgan fingerprint density at radius 2 is 1.79 bits per heavy atom. The molecule has 1 fully saturated rings. The third kappa shape index (κ3) is 7.90. The monoisotopic (exact) mass is 477 g/mol. The molecule has 0 aromatic heterocycles. The fourth-order valence-corrected chi connectivity index (χ4v) is 5.95. The first-order valence-corrected chi connectivity index (χ1v) is 14.1. The van der Waals surface area contributed by atoms with Gasteiger partial charge in [-0.1, -0.05) is 51.0 Å². The highest BCUT2D eigenvalue weighted by molar-refractivity contribution is 7.88. The molecule has 1 aliphatic carbocycles. The van der Waals surface area contributed by atoms with E-state index in [9.17, 15) is 18.0 Å². The second kappa shape index (κ2) is 11.6. The molecular formula is C25H39N3O4S. The van der Waals surface area contributed by atoms with Crippen molar-refractivity contribution in [2.24, 2.45) is 11.8 Å². The third-order valence-electron chi connectivity index (χ3n) is 6.69. The van der Waals surface area contributed by atoms with E-state index < -0.39 is 28.0 Å². The van der Waals surface area contributed by atoms with Gasteiger partial charge in [0.05, 0.1) is 24.8 Å². The van der Waals surface area contributed by atoms with Crippen LogP contribution in [0.25, 0.3) is 0 Å². The lowest BCUT2D eigenvalue weighted by Crippen LogP contribution is -2.53. The molecule has 0 unspecified atom stereocenters. The number of fused-ring (bicyclic) bond motifs is 1. The molecule has 3 atom stereocenters. The summed E-state index contributed by atoms with van der Waals surface area (Å²) in [5.74, 6) is -0.377. The topological polar surface area (TPSA) is 95.6 Å². The lowest BCUT2D eigenvalue weighted by atomic mass is 9.84. The average molecular weight is 478 g/mol. The maximum absolute atomic E-state index is 13.3. The fourth-order valence-electron chi connectivity index (χ4n) is 5.12. The molecule has 8 heteroatoms. The zero-order valence-electron chi connectivity index (χ0n) is 20.2. The highest BCUT2D eigenvalue weighted by Gasteiger charge is 2.35. The number of rotatable bonds is 9. The van der Waals surface area contributed by atoms with E-state index in [-0.39, 0.29) is 17.6 Å². The van der Waals surface area contributed by atoms with E-state index in [4.69, 9.17) is 0 Å². The number of nitrogens with zero attached hydrogens (tertiary/aromatic N) is 1. The number of carbonyl (C=O) groups is 2. The van der Waals surface area contributed by atoms with Gasteiger partial charge in [-0.05, 0) is 55.7 Å². The summed E-state index contributed by atoms with van der Waals surface area (Å²) in [6, 6.07) is 7.42. The number of nitrogens with one attached hydrogen (secondary N) is 2. The van der Waals surface area contributed by atoms with Gasteiger partial charge in [-0.3, -0.25) is 14.5 Å². The van der Waals surface area contributed by atoms with Crippen LogP contribution in [0.4, 0.5) is 0 Å². The van der Waals surface area contributed by atoms with Crippen molar-refractivity contribution < 1.29 is 18.0 Å². The molecule has 2 N–H and O–H groups in total. The molecule has 1 aromatic carbocycles. The lowest BCUT2D eigenvalue weighted by molar-refractivity contribution is -0.132. The smallest absolute Gasteiger partial charge is 0.225 e. The number of Topliss-reactive ketones (excluding diaryl/α,β-unsaturated/α-hetero) is 1. The van der Waals surface area contributed by atoms with Gasteiger partial charge in [0.1, 0.15) is 0 Å². The lowest BCUT2D eigenvalue weighted by Gasteiger charge is -2.32. The molecule has 33 heavy (non-hydrogen) atoms. The van der Waals surface area contributed by atoms with E-state index >= 15 is 0 Å². The van der Waals surface area contributed by atoms with Crippen molar-refractivity contribution in [1.82, 2.24) is 14.9 Å². The number of carbonyl (C=O) groups excluding carboxylic acids is 2. The Bertz CT molecular complexity index is 931. The first kappa shape index (κ1) is 25.8. The van der Waals surface area contributed by atoms with Crippen molar-refractivity contribution >= 4 is 21.7 Å². The Hall–Kier alpha value is -1.77. The summed E-state index contributed by atoms with van der Waals surface area (Å²) in [5.41, 5.74) is 2.62. The Morgan fingerprint density at radius 3 is 2.48 bits per heavy atom. The molecule has 0 saturated heterocycles. The standard InChI is InChI=1S/C25H39N3O4S/c1-18(2)15-23(26-25(30)21-12-6-7-13-22(21)27-33(3,31)32)24(29)17-28-14-8-11-19-9-4-5-10-20(19)16-28/h4-5,9-10,18,21-23,27H,6-8,11-17H2,1-3H3,(H,26,30)/t21-,22+,23+/m1/s1. The van der Waals surface area contributed by atoms with Crippen LogP contribution in [0, 0.1) is 11.8 Å². The molecule has 0 bridgehead atoms. The van der Waals surface area contributed by atoms with Gasteiger partial charge in [-0.2, -0.15) is 0 Å². The molecule has 1 saturated carbocycles. The maximum atomic E-state index is 13.3. The number of hydrogen-bond donors (Lipinski definition) is 2. The highest BCUT2D eigenvalue weighted by atomic mass is 32.2. The van der Waals surface area contributed by atoms with Gasteiger partial charge in [-0.25, -0.2) is 13.1 Å². The summed E-state index contributed by atoms with van der Waals surface area (Å²) in [7, 11) is -3.40. The molecular weight excluding hydrogens is 438 g/mol. The second-order valence-electron chi connectivity index (χ2n) is 10.1. The van der Waals surface area contributed by atoms with Gasteiger partial charge >= 0.3 is 0 Å². The first-order valence-electron chi connectivity index (χ1n) is 12.2. The molecule has 0 spiro atoms. The van der Waals surface area contributed by atoms with Crippen LogP contribution in [-0.4, -0.2) is 56.4 Å². The van der Waals surface area contributed by atoms with Crippen molar-refractivity contribution in [2.75, 3.05) is 19.3 Å². The van der Waals surface area contributed by atoms with E-state index in [1.165, 1.54) is 11.1 Å². The molecule has 1 amide bonds. The van der Waals surface area contributed by atoms with Crippen molar-refractivity contribution in [1.29, 1.82) is 0 Å². The predicted octanol–water partition coefficient (Wildman–Crippen LogP) is 2.64. The summed E-state index contributed by atoms with van der Waals surface area (Å²) in [4.78, 5) is 28.7. The van der Waals surface area contributed by atoms with Crippen LogP contribution in [0.3, 0.4) is 0 Å². The SMILES string of the molecule is CC(C)C[C@H](NC(=O)[C@@H]1CCCC[C@@H]1NS(C)(=O)=O)C(=O)CN1CCCc2ccccc2C1. The second-order valence-corrected chi connectivity index (χ2v) is 11.9. The van der Waals surface area contributed by atoms with Gasteiger partial charge in [-0.15, -0.1) is 0 Å². The van der Waals surface area contributed by atoms with Crippen LogP contribution in [0.15, 0.2) is 24.3 Å². The van der Waals surface area contributed by atoms with Crippen LogP contribution in [-0.2, 0) is 32.6 Å². The van der Waals surface area contributed by atoms with Gasteiger partial charge in [0.15, 0.2) is 5.78 Å². The number of hydrogen-bond acceptors (Lipinski definition) is 5. The van der Waals surface area contributed by atoms with E-state index in [0.29, 0.717) is 25.8 Å². The molecule has 0 radical (unpaired) electrons. The van der Waals surface area contributed by atoms with Gasteiger partial charge in [0, 0.05) is 12.6 Å². The Balaban J connectivity index is 1.67. The predicted molar refractivity (Wildman–Crippen MR) is 130 cm³/mol. The minimum Gasteiger partial charge on any atom is -0.346 e. The van der Waals surface area contributed by atoms with Gasteiger partial charge < -0.3 is 5.32 Å². The van der Waals surface area contributed by atoms with Gasteiger partial charge in [0.25, 0.3) is 0 Å². The highest BCUT2D eigenvalue weighted by Crippen LogP contribution is 2.26.